The van der Waals surface area contributed by atoms with E-state index in [1.165, 1.54) is 12.1 Å². The third-order valence-electron chi connectivity index (χ3n) is 6.54. The number of rotatable bonds is 11. The van der Waals surface area contributed by atoms with E-state index in [1.54, 1.807) is 75.4 Å². The Hall–Kier alpha value is -4.20. The molecule has 4 rings (SSSR count). The van der Waals surface area contributed by atoms with Crippen molar-refractivity contribution in [3.8, 4) is 11.1 Å². The summed E-state index contributed by atoms with van der Waals surface area (Å²) in [4.78, 5) is 24.4. The van der Waals surface area contributed by atoms with Gasteiger partial charge in [-0.3, -0.25) is 9.59 Å². The molecule has 222 valence electrons. The lowest BCUT2D eigenvalue weighted by atomic mass is 10.1. The number of sulfone groups is 1. The normalized spacial score (nSPS) is 12.8. The predicted molar refractivity (Wildman–Crippen MR) is 161 cm³/mol. The molecule has 0 spiro atoms. The lowest BCUT2D eigenvalue weighted by molar-refractivity contribution is -0.140. The maximum atomic E-state index is 13.1. The Morgan fingerprint density at radius 2 is 1.50 bits per heavy atom. The van der Waals surface area contributed by atoms with Crippen molar-refractivity contribution in [1.82, 2.24) is 4.72 Å². The van der Waals surface area contributed by atoms with E-state index >= 15 is 0 Å². The van der Waals surface area contributed by atoms with E-state index in [2.05, 4.69) is 15.4 Å². The summed E-state index contributed by atoms with van der Waals surface area (Å²) < 4.78 is 56.6. The molecular formula is C29H31N3O8S2. The number of fused-ring (bicyclic) bond motifs is 1. The second-order valence-electron chi connectivity index (χ2n) is 10.2. The van der Waals surface area contributed by atoms with Gasteiger partial charge in [0.05, 0.1) is 4.90 Å². The van der Waals surface area contributed by atoms with Gasteiger partial charge in [0, 0.05) is 28.6 Å². The quantitative estimate of drug-likeness (QED) is 0.191. The monoisotopic (exact) mass is 613 g/mol. The first-order valence-electron chi connectivity index (χ1n) is 12.9. The van der Waals surface area contributed by atoms with Gasteiger partial charge in [0.1, 0.15) is 17.5 Å². The fourth-order valence-electron chi connectivity index (χ4n) is 4.34. The minimum absolute atomic E-state index is 0.0575. The molecule has 0 aliphatic rings. The smallest absolute Gasteiger partial charge is 0.322 e. The van der Waals surface area contributed by atoms with Gasteiger partial charge >= 0.3 is 5.97 Å². The first kappa shape index (κ1) is 30.8. The number of aliphatic carboxylic acids is 1. The van der Waals surface area contributed by atoms with Crippen LogP contribution in [0.1, 0.15) is 30.0 Å². The second-order valence-corrected chi connectivity index (χ2v) is 14.1. The van der Waals surface area contributed by atoms with Crippen LogP contribution in [0.5, 0.6) is 0 Å². The number of benzene rings is 3. The van der Waals surface area contributed by atoms with Gasteiger partial charge < -0.3 is 20.2 Å². The van der Waals surface area contributed by atoms with Crippen LogP contribution in [0.2, 0.25) is 0 Å². The number of amides is 1. The van der Waals surface area contributed by atoms with E-state index < -0.39 is 43.7 Å². The standard InChI is InChI=1S/C29H31N3O8S2/c1-17(2)26(29(34)35)32-42(38,39)22-14-10-20(11-15-22)19-8-12-21(13-9-19)31-28(33)27-18(3)25-23(30-16-41(4,36)37)6-5-7-24(25)40-27/h5-15,17,26,30,32H,16H2,1-4H3,(H,31,33)(H,34,35)/t26-/m0/s1. The van der Waals surface area contributed by atoms with Gasteiger partial charge in [-0.1, -0.05) is 44.2 Å². The molecule has 13 heteroatoms. The number of carbonyl (C=O) groups is 2. The zero-order valence-corrected chi connectivity index (χ0v) is 25.0. The van der Waals surface area contributed by atoms with Crippen LogP contribution in [0.4, 0.5) is 11.4 Å². The Kier molecular flexibility index (Phi) is 8.76. The van der Waals surface area contributed by atoms with E-state index in [1.807, 2.05) is 0 Å². The van der Waals surface area contributed by atoms with Gasteiger partial charge in [-0.15, -0.1) is 0 Å². The Bertz CT molecular complexity index is 1850. The highest BCUT2D eigenvalue weighted by molar-refractivity contribution is 7.90. The number of anilines is 2. The highest BCUT2D eigenvalue weighted by atomic mass is 32.2. The van der Waals surface area contributed by atoms with E-state index in [-0.39, 0.29) is 16.5 Å². The number of hydrogen-bond donors (Lipinski definition) is 4. The number of furan rings is 1. The van der Waals surface area contributed by atoms with Gasteiger partial charge in [-0.2, -0.15) is 4.72 Å². The molecule has 1 aromatic heterocycles. The third kappa shape index (κ3) is 6.98. The van der Waals surface area contributed by atoms with Crippen molar-refractivity contribution < 1.29 is 35.9 Å². The summed E-state index contributed by atoms with van der Waals surface area (Å²) in [6, 6.07) is 16.8. The summed E-state index contributed by atoms with van der Waals surface area (Å²) in [6.45, 7) is 4.96. The Balaban J connectivity index is 1.48. The van der Waals surface area contributed by atoms with Crippen LogP contribution >= 0.6 is 0 Å². The molecule has 1 heterocycles. The largest absolute Gasteiger partial charge is 0.480 e. The molecule has 11 nitrogen and oxygen atoms in total. The molecule has 0 aliphatic heterocycles. The molecule has 0 saturated heterocycles. The topological polar surface area (TPSA) is 172 Å². The molecule has 0 aliphatic carbocycles. The van der Waals surface area contributed by atoms with Crippen LogP contribution in [0.15, 0.2) is 76.0 Å². The molecule has 1 amide bonds. The molecule has 0 bridgehead atoms. The van der Waals surface area contributed by atoms with Crippen molar-refractivity contribution in [3.63, 3.8) is 0 Å². The highest BCUT2D eigenvalue weighted by Gasteiger charge is 2.28. The second kappa shape index (κ2) is 12.0. The lowest BCUT2D eigenvalue weighted by Crippen LogP contribution is -2.44. The Morgan fingerprint density at radius 3 is 2.05 bits per heavy atom. The Labute approximate surface area is 243 Å². The zero-order chi connectivity index (χ0) is 30.8. The summed E-state index contributed by atoms with van der Waals surface area (Å²) >= 11 is 0. The van der Waals surface area contributed by atoms with E-state index in [9.17, 15) is 31.5 Å². The van der Waals surface area contributed by atoms with E-state index in [0.717, 1.165) is 11.8 Å². The number of hydrogen-bond acceptors (Lipinski definition) is 8. The van der Waals surface area contributed by atoms with Gasteiger partial charge in [-0.25, -0.2) is 16.8 Å². The van der Waals surface area contributed by atoms with Gasteiger partial charge in [-0.05, 0) is 60.4 Å². The summed E-state index contributed by atoms with van der Waals surface area (Å²) in [6.07, 6.45) is 1.12. The number of carboxylic acid groups (broad SMARTS) is 1. The zero-order valence-electron chi connectivity index (χ0n) is 23.3. The lowest BCUT2D eigenvalue weighted by Gasteiger charge is -2.18. The van der Waals surface area contributed by atoms with Crippen molar-refractivity contribution in [1.29, 1.82) is 0 Å². The van der Waals surface area contributed by atoms with Gasteiger partial charge in [0.25, 0.3) is 5.91 Å². The third-order valence-corrected chi connectivity index (χ3v) is 8.67. The number of aryl methyl sites for hydroxylation is 1. The molecule has 3 aromatic carbocycles. The SMILES string of the molecule is Cc1c(C(=O)Nc2ccc(-c3ccc(S(=O)(=O)N[C@H](C(=O)O)C(C)C)cc3)cc2)oc2cccc(NCS(C)(=O)=O)c12. The van der Waals surface area contributed by atoms with Crippen molar-refractivity contribution in [2.45, 2.75) is 31.7 Å². The highest BCUT2D eigenvalue weighted by Crippen LogP contribution is 2.32. The van der Waals surface area contributed by atoms with Crippen LogP contribution < -0.4 is 15.4 Å². The van der Waals surface area contributed by atoms with Crippen LogP contribution in [-0.4, -0.2) is 52.0 Å². The first-order chi connectivity index (χ1) is 19.7. The molecule has 0 saturated carbocycles. The van der Waals surface area contributed by atoms with Crippen molar-refractivity contribution in [2.75, 3.05) is 22.8 Å². The summed E-state index contributed by atoms with van der Waals surface area (Å²) in [5, 5.41) is 15.6. The van der Waals surface area contributed by atoms with Crippen LogP contribution in [0, 0.1) is 12.8 Å². The molecule has 0 fully saturated rings. The van der Waals surface area contributed by atoms with Gasteiger partial charge in [0.2, 0.25) is 10.0 Å². The minimum atomic E-state index is -4.04. The van der Waals surface area contributed by atoms with Crippen LogP contribution in [-0.2, 0) is 24.7 Å². The number of carbonyl (C=O) groups excluding carboxylic acids is 1. The van der Waals surface area contributed by atoms with E-state index in [0.29, 0.717) is 33.5 Å². The molecule has 42 heavy (non-hydrogen) atoms. The predicted octanol–water partition coefficient (Wildman–Crippen LogP) is 4.46. The van der Waals surface area contributed by atoms with Crippen LogP contribution in [0.25, 0.3) is 22.1 Å². The fraction of sp³-hybridized carbons (Fsp3) is 0.241. The molecule has 0 unspecified atom stereocenters. The maximum Gasteiger partial charge on any atom is 0.322 e. The fourth-order valence-corrected chi connectivity index (χ4v) is 6.10. The summed E-state index contributed by atoms with van der Waals surface area (Å²) in [5.41, 5.74) is 3.51. The molecule has 4 N–H and O–H groups in total. The van der Waals surface area contributed by atoms with Crippen LogP contribution in [0.3, 0.4) is 0 Å². The number of nitrogens with one attached hydrogen (secondary N) is 3. The van der Waals surface area contributed by atoms with Crippen molar-refractivity contribution >= 4 is 54.1 Å². The molecular weight excluding hydrogens is 582 g/mol. The maximum absolute atomic E-state index is 13.1. The number of sulfonamides is 1. The molecule has 1 atom stereocenters. The van der Waals surface area contributed by atoms with Crippen molar-refractivity contribution in [2.24, 2.45) is 5.92 Å². The van der Waals surface area contributed by atoms with E-state index in [4.69, 9.17) is 4.42 Å². The minimum Gasteiger partial charge on any atom is -0.480 e. The summed E-state index contributed by atoms with van der Waals surface area (Å²) in [7, 11) is -7.31. The summed E-state index contributed by atoms with van der Waals surface area (Å²) in [5.74, 6) is -2.33. The van der Waals surface area contributed by atoms with Gasteiger partial charge in [0.15, 0.2) is 15.6 Å². The molecule has 4 aromatic rings. The number of carboxylic acids is 1. The molecule has 0 radical (unpaired) electrons. The first-order valence-corrected chi connectivity index (χ1v) is 16.4. The van der Waals surface area contributed by atoms with Crippen molar-refractivity contribution in [3.05, 3.63) is 78.1 Å². The average Bonchev–Trinajstić information content (AvgIpc) is 3.27. The Morgan fingerprint density at radius 1 is 0.905 bits per heavy atom. The average molecular weight is 614 g/mol.